The molecule has 0 bridgehead atoms. The molecule has 3 aromatic rings. The van der Waals surface area contributed by atoms with Gasteiger partial charge in [0.25, 0.3) is 5.56 Å². The number of fused-ring (bicyclic) bond motifs is 1. The Labute approximate surface area is 152 Å². The van der Waals surface area contributed by atoms with Crippen LogP contribution in [0.3, 0.4) is 0 Å². The minimum absolute atomic E-state index is 0.0199. The van der Waals surface area contributed by atoms with Crippen LogP contribution in [0.15, 0.2) is 29.1 Å². The number of nitrogens with zero attached hydrogens (tertiary/aromatic N) is 4. The van der Waals surface area contributed by atoms with Gasteiger partial charge in [-0.15, -0.1) is 11.3 Å². The molecular weight excluding hydrogens is 351 g/mol. The maximum Gasteiger partial charge on any atom is 0.258 e. The highest BCUT2D eigenvalue weighted by Gasteiger charge is 2.48. The first-order chi connectivity index (χ1) is 12.5. The van der Waals surface area contributed by atoms with Gasteiger partial charge in [-0.2, -0.15) is 5.26 Å². The molecule has 0 N–H and O–H groups in total. The average molecular weight is 364 g/mol. The van der Waals surface area contributed by atoms with E-state index in [4.69, 9.17) is 11.8 Å². The Morgan fingerprint density at radius 1 is 1.54 bits per heavy atom. The van der Waals surface area contributed by atoms with Crippen molar-refractivity contribution in [3.8, 4) is 6.07 Å². The molecule has 2 unspecified atom stereocenters. The summed E-state index contributed by atoms with van der Waals surface area (Å²) in [5, 5.41) is 8.95. The number of aromatic nitrogens is 2. The number of hydrogen-bond acceptors (Lipinski definition) is 4. The fourth-order valence-corrected chi connectivity index (χ4v) is 4.34. The summed E-state index contributed by atoms with van der Waals surface area (Å²) in [6, 6.07) is 7.81. The highest BCUT2D eigenvalue weighted by atomic mass is 32.1. The SMILES string of the molecule is [C-]#[N+]C1CC1c1c(C)sc2nc(Cc3cccc(C#N)c3F)cc(=O)n12. The van der Waals surface area contributed by atoms with Gasteiger partial charge in [-0.1, -0.05) is 12.1 Å². The van der Waals surface area contributed by atoms with Gasteiger partial charge in [-0.3, -0.25) is 9.20 Å². The lowest BCUT2D eigenvalue weighted by atomic mass is 10.1. The third-order valence-corrected chi connectivity index (χ3v) is 5.60. The maximum absolute atomic E-state index is 14.3. The first-order valence-electron chi connectivity index (χ1n) is 8.09. The van der Waals surface area contributed by atoms with Crippen LogP contribution in [0.4, 0.5) is 4.39 Å². The zero-order valence-corrected chi connectivity index (χ0v) is 14.7. The fourth-order valence-electron chi connectivity index (χ4n) is 3.28. The molecule has 26 heavy (non-hydrogen) atoms. The van der Waals surface area contributed by atoms with E-state index in [0.717, 1.165) is 17.0 Å². The van der Waals surface area contributed by atoms with Crippen LogP contribution in [-0.2, 0) is 6.42 Å². The van der Waals surface area contributed by atoms with Crippen LogP contribution < -0.4 is 5.56 Å². The largest absolute Gasteiger partial charge is 0.313 e. The molecule has 7 heteroatoms. The number of benzene rings is 1. The van der Waals surface area contributed by atoms with E-state index >= 15 is 0 Å². The average Bonchev–Trinajstić information content (AvgIpc) is 3.31. The molecule has 2 aromatic heterocycles. The molecule has 5 nitrogen and oxygen atoms in total. The zero-order valence-electron chi connectivity index (χ0n) is 13.9. The molecule has 0 spiro atoms. The van der Waals surface area contributed by atoms with Crippen molar-refractivity contribution in [3.05, 3.63) is 79.2 Å². The molecular formula is C19H13FN4OS. The summed E-state index contributed by atoms with van der Waals surface area (Å²) in [6.45, 7) is 9.10. The molecule has 1 aliphatic rings. The standard InChI is InChI=1S/C19H13FN4OS/c1-10-18(14-8-15(14)22-2)24-16(25)7-13(23-19(24)26-10)6-11-4-3-5-12(9-21)17(11)20/h3-5,7,14-15H,6,8H2,1H3. The molecule has 1 aliphatic carbocycles. The number of nitriles is 1. The van der Waals surface area contributed by atoms with E-state index in [0.29, 0.717) is 16.2 Å². The van der Waals surface area contributed by atoms with Crippen LogP contribution in [0.25, 0.3) is 9.81 Å². The molecule has 0 amide bonds. The van der Waals surface area contributed by atoms with E-state index in [1.807, 2.05) is 13.0 Å². The van der Waals surface area contributed by atoms with Crippen molar-refractivity contribution in [2.45, 2.75) is 31.7 Å². The highest BCUT2D eigenvalue weighted by molar-refractivity contribution is 7.17. The number of thiazole rings is 1. The molecule has 128 valence electrons. The Balaban J connectivity index is 1.77. The minimum atomic E-state index is -0.571. The van der Waals surface area contributed by atoms with E-state index in [2.05, 4.69) is 9.83 Å². The Morgan fingerprint density at radius 2 is 2.35 bits per heavy atom. The van der Waals surface area contributed by atoms with Gasteiger partial charge in [0, 0.05) is 23.8 Å². The summed E-state index contributed by atoms with van der Waals surface area (Å²) in [5.74, 6) is -0.478. The Bertz CT molecular complexity index is 1180. The molecule has 0 saturated heterocycles. The molecule has 0 radical (unpaired) electrons. The lowest BCUT2D eigenvalue weighted by Crippen LogP contribution is -2.17. The Hall–Kier alpha value is -3.03. The predicted molar refractivity (Wildman–Crippen MR) is 95.7 cm³/mol. The summed E-state index contributed by atoms with van der Waals surface area (Å²) < 4.78 is 15.9. The second-order valence-corrected chi connectivity index (χ2v) is 7.53. The monoisotopic (exact) mass is 364 g/mol. The topological polar surface area (TPSA) is 62.5 Å². The Morgan fingerprint density at radius 3 is 3.04 bits per heavy atom. The van der Waals surface area contributed by atoms with Crippen LogP contribution in [0.5, 0.6) is 0 Å². The van der Waals surface area contributed by atoms with Gasteiger partial charge in [0.15, 0.2) is 4.96 Å². The number of aryl methyl sites for hydroxylation is 1. The molecule has 1 aromatic carbocycles. The van der Waals surface area contributed by atoms with Crippen LogP contribution in [0, 0.1) is 30.6 Å². The van der Waals surface area contributed by atoms with Gasteiger partial charge in [0.05, 0.1) is 22.9 Å². The molecule has 1 saturated carbocycles. The van der Waals surface area contributed by atoms with Gasteiger partial charge < -0.3 is 4.85 Å². The third kappa shape index (κ3) is 2.58. The highest BCUT2D eigenvalue weighted by Crippen LogP contribution is 2.46. The van der Waals surface area contributed by atoms with Gasteiger partial charge in [0.1, 0.15) is 11.9 Å². The lowest BCUT2D eigenvalue weighted by molar-refractivity contribution is 0.609. The smallest absolute Gasteiger partial charge is 0.258 e. The molecule has 2 heterocycles. The summed E-state index contributed by atoms with van der Waals surface area (Å²) in [6.07, 6.45) is 0.921. The molecule has 0 aliphatic heterocycles. The molecule has 2 atom stereocenters. The van der Waals surface area contributed by atoms with E-state index in [-0.39, 0.29) is 29.5 Å². The van der Waals surface area contributed by atoms with Gasteiger partial charge in [-0.05, 0) is 18.6 Å². The van der Waals surface area contributed by atoms with Gasteiger partial charge >= 0.3 is 0 Å². The Kier molecular flexibility index (Phi) is 3.82. The second-order valence-electron chi connectivity index (χ2n) is 6.35. The minimum Gasteiger partial charge on any atom is -0.313 e. The van der Waals surface area contributed by atoms with Crippen LogP contribution in [0.1, 0.15) is 39.7 Å². The van der Waals surface area contributed by atoms with E-state index < -0.39 is 5.82 Å². The second kappa shape index (κ2) is 6.05. The lowest BCUT2D eigenvalue weighted by Gasteiger charge is -2.05. The van der Waals surface area contributed by atoms with Gasteiger partial charge in [-0.25, -0.2) is 15.9 Å². The van der Waals surface area contributed by atoms with Crippen molar-refractivity contribution < 1.29 is 4.39 Å². The van der Waals surface area contributed by atoms with Crippen LogP contribution >= 0.6 is 11.3 Å². The fraction of sp³-hybridized carbons (Fsp3) is 0.263. The summed E-state index contributed by atoms with van der Waals surface area (Å²) in [5.41, 5.74) is 1.45. The summed E-state index contributed by atoms with van der Waals surface area (Å²) >= 11 is 1.41. The van der Waals surface area contributed by atoms with Crippen molar-refractivity contribution in [2.24, 2.45) is 0 Å². The zero-order chi connectivity index (χ0) is 18.4. The summed E-state index contributed by atoms with van der Waals surface area (Å²) in [4.78, 5) is 22.3. The van der Waals surface area contributed by atoms with Crippen LogP contribution in [0.2, 0.25) is 0 Å². The normalized spacial score (nSPS) is 18.5. The van der Waals surface area contributed by atoms with Crippen LogP contribution in [-0.4, -0.2) is 15.4 Å². The van der Waals surface area contributed by atoms with E-state index in [1.165, 1.54) is 23.5 Å². The van der Waals surface area contributed by atoms with Crippen molar-refractivity contribution in [2.75, 3.05) is 0 Å². The molecule has 4 rings (SSSR count). The van der Waals surface area contributed by atoms with Crippen molar-refractivity contribution in [1.82, 2.24) is 9.38 Å². The summed E-state index contributed by atoms with van der Waals surface area (Å²) in [7, 11) is 0. The van der Waals surface area contributed by atoms with E-state index in [9.17, 15) is 9.18 Å². The predicted octanol–water partition coefficient (Wildman–Crippen LogP) is 3.44. The van der Waals surface area contributed by atoms with E-state index in [1.54, 1.807) is 16.5 Å². The van der Waals surface area contributed by atoms with Crippen molar-refractivity contribution in [1.29, 1.82) is 5.26 Å². The van der Waals surface area contributed by atoms with Crippen molar-refractivity contribution in [3.63, 3.8) is 0 Å². The molecule has 1 fully saturated rings. The number of rotatable bonds is 3. The van der Waals surface area contributed by atoms with Gasteiger partial charge in [0.2, 0.25) is 6.04 Å². The quantitative estimate of drug-likeness (QED) is 0.669. The number of halogens is 1. The first kappa shape index (κ1) is 16.4. The van der Waals surface area contributed by atoms with Crippen molar-refractivity contribution >= 4 is 16.3 Å². The number of hydrogen-bond donors (Lipinski definition) is 0. The first-order valence-corrected chi connectivity index (χ1v) is 8.91. The maximum atomic E-state index is 14.3. The third-order valence-electron chi connectivity index (χ3n) is 4.63.